The molecule has 0 N–H and O–H groups in total. The molecule has 0 atom stereocenters. The van der Waals surface area contributed by atoms with Gasteiger partial charge in [0.2, 0.25) is 0 Å². The minimum absolute atomic E-state index is 1.06. The quantitative estimate of drug-likeness (QED) is 0.579. The van der Waals surface area contributed by atoms with Crippen LogP contribution in [0.15, 0.2) is 0 Å². The summed E-state index contributed by atoms with van der Waals surface area (Å²) >= 11 is 8.17. The van der Waals surface area contributed by atoms with Crippen LogP contribution in [0.25, 0.3) is 9.75 Å². The van der Waals surface area contributed by atoms with Gasteiger partial charge in [0.15, 0.2) is 6.03 Å². The molecule has 14 heavy (non-hydrogen) atoms. The van der Waals surface area contributed by atoms with Crippen molar-refractivity contribution in [3.63, 3.8) is 0 Å². The smallest absolute Gasteiger partial charge is 0.154 e. The van der Waals surface area contributed by atoms with Crippen LogP contribution in [0.1, 0.15) is 11.4 Å². The lowest BCUT2D eigenvalue weighted by atomic mass is 10.1. The molecule has 0 fully saturated rings. The zero-order valence-corrected chi connectivity index (χ0v) is 12.8. The van der Waals surface area contributed by atoms with Crippen molar-refractivity contribution in [2.75, 3.05) is 0 Å². The van der Waals surface area contributed by atoms with Gasteiger partial charge in [-0.1, -0.05) is 0 Å². The molecule has 72 valence electrons. The van der Waals surface area contributed by atoms with Crippen LogP contribution in [0.4, 0.5) is 0 Å². The molecule has 1 aliphatic carbocycles. The van der Waals surface area contributed by atoms with Crippen molar-refractivity contribution in [1.29, 1.82) is 0 Å². The Morgan fingerprint density at radius 3 is 1.71 bits per heavy atom. The fourth-order valence-electron chi connectivity index (χ4n) is 1.58. The highest BCUT2D eigenvalue weighted by Crippen LogP contribution is 2.41. The Kier molecular flexibility index (Phi) is 2.57. The van der Waals surface area contributed by atoms with Gasteiger partial charge in [-0.25, -0.2) is 9.97 Å². The van der Waals surface area contributed by atoms with E-state index in [2.05, 4.69) is 55.1 Å². The Hall–Kier alpha value is 0.720. The Morgan fingerprint density at radius 1 is 0.857 bits per heavy atom. The molecule has 2 aromatic rings. The third-order valence-corrected chi connectivity index (χ3v) is 5.89. The lowest BCUT2D eigenvalue weighted by molar-refractivity contribution is 0.880. The van der Waals surface area contributed by atoms with Crippen LogP contribution in [-0.4, -0.2) is 9.97 Å². The minimum atomic E-state index is 1.06. The topological polar surface area (TPSA) is 25.8 Å². The highest BCUT2D eigenvalue weighted by Gasteiger charge is 2.23. The number of hydrogen-bond donors (Lipinski definition) is 0. The molecular weight excluding hydrogens is 442 g/mol. The van der Waals surface area contributed by atoms with Gasteiger partial charge in [0.1, 0.15) is 0 Å². The zero-order valence-electron chi connectivity index (χ0n) is 6.88. The first kappa shape index (κ1) is 9.91. The summed E-state index contributed by atoms with van der Waals surface area (Å²) in [5, 5.41) is 0. The van der Waals surface area contributed by atoms with Crippen LogP contribution >= 0.6 is 67.9 Å². The number of fused-ring (bicyclic) bond motifs is 3. The fourth-order valence-corrected chi connectivity index (χ4v) is 5.33. The molecule has 0 aliphatic heterocycles. The predicted molar refractivity (Wildman–Crippen MR) is 76.1 cm³/mol. The van der Waals surface area contributed by atoms with Crippen molar-refractivity contribution in [2.45, 2.75) is 12.8 Å². The molecule has 3 rings (SSSR count). The van der Waals surface area contributed by atoms with E-state index < -0.39 is 0 Å². The van der Waals surface area contributed by atoms with Gasteiger partial charge in [-0.05, 0) is 58.0 Å². The maximum atomic E-state index is 4.54. The van der Waals surface area contributed by atoms with E-state index in [1.54, 1.807) is 22.7 Å². The van der Waals surface area contributed by atoms with E-state index in [4.69, 9.17) is 0 Å². The van der Waals surface area contributed by atoms with Crippen LogP contribution in [-0.2, 0) is 12.8 Å². The second-order valence-electron chi connectivity index (χ2n) is 2.99. The number of halogens is 2. The van der Waals surface area contributed by atoms with E-state index in [0.717, 1.165) is 18.9 Å². The largest absolute Gasteiger partial charge is 0.234 e. The van der Waals surface area contributed by atoms with Crippen molar-refractivity contribution in [3.05, 3.63) is 17.4 Å². The molecule has 1 aliphatic rings. The van der Waals surface area contributed by atoms with Crippen LogP contribution in [0.5, 0.6) is 0 Å². The van der Waals surface area contributed by atoms with Crippen LogP contribution in [0.2, 0.25) is 0 Å². The summed E-state index contributed by atoms with van der Waals surface area (Å²) in [5.74, 6) is 0. The second kappa shape index (κ2) is 3.63. The first-order chi connectivity index (χ1) is 6.74. The third kappa shape index (κ3) is 1.54. The van der Waals surface area contributed by atoms with Crippen molar-refractivity contribution in [1.82, 2.24) is 9.97 Å². The highest BCUT2D eigenvalue weighted by molar-refractivity contribution is 14.1. The normalized spacial score (nSPS) is 13.9. The molecule has 0 amide bonds. The Bertz CT molecular complexity index is 457. The summed E-state index contributed by atoms with van der Waals surface area (Å²) in [6.45, 7) is 0. The molecule has 2 heterocycles. The number of rotatable bonds is 0. The van der Waals surface area contributed by atoms with Crippen molar-refractivity contribution in [3.8, 4) is 9.75 Å². The molecule has 6 heteroatoms. The highest BCUT2D eigenvalue weighted by atomic mass is 127. The Labute approximate surface area is 116 Å². The first-order valence-corrected chi connectivity index (χ1v) is 7.84. The van der Waals surface area contributed by atoms with Gasteiger partial charge < -0.3 is 0 Å². The standard InChI is InChI=1S/C8H4I2N2S2/c9-7-11-3-1-2-4-6(5(3)13-7)14-8(10)12-4/h1-2H2. The van der Waals surface area contributed by atoms with Crippen LogP contribution in [0.3, 0.4) is 0 Å². The molecular formula is C8H4I2N2S2. The number of aryl methyl sites for hydroxylation is 2. The zero-order chi connectivity index (χ0) is 9.71. The summed E-state index contributed by atoms with van der Waals surface area (Å²) in [5.41, 5.74) is 2.54. The molecule has 0 unspecified atom stereocenters. The number of nitrogens with zero attached hydrogens (tertiary/aromatic N) is 2. The van der Waals surface area contributed by atoms with E-state index >= 15 is 0 Å². The van der Waals surface area contributed by atoms with Crippen LogP contribution in [0, 0.1) is 6.03 Å². The number of aromatic nitrogens is 2. The van der Waals surface area contributed by atoms with E-state index in [-0.39, 0.29) is 0 Å². The molecule has 0 radical (unpaired) electrons. The molecule has 0 saturated heterocycles. The van der Waals surface area contributed by atoms with Crippen molar-refractivity contribution < 1.29 is 0 Å². The average Bonchev–Trinajstić information content (AvgIpc) is 2.65. The molecule has 0 spiro atoms. The first-order valence-electron chi connectivity index (χ1n) is 4.05. The SMILES string of the molecule is Ic1nc2c(s1)-c1sc(I)nc1CC2. The summed E-state index contributed by atoms with van der Waals surface area (Å²) in [4.78, 5) is 11.8. The van der Waals surface area contributed by atoms with Gasteiger partial charge in [0, 0.05) is 0 Å². The minimum Gasteiger partial charge on any atom is -0.234 e. The molecule has 0 saturated carbocycles. The van der Waals surface area contributed by atoms with E-state index in [1.807, 2.05) is 0 Å². The van der Waals surface area contributed by atoms with E-state index in [1.165, 1.54) is 21.1 Å². The van der Waals surface area contributed by atoms with Crippen molar-refractivity contribution in [2.24, 2.45) is 0 Å². The van der Waals surface area contributed by atoms with Crippen molar-refractivity contribution >= 4 is 67.9 Å². The maximum absolute atomic E-state index is 4.54. The Morgan fingerprint density at radius 2 is 1.29 bits per heavy atom. The summed E-state index contributed by atoms with van der Waals surface area (Å²) < 4.78 is 2.28. The Balaban J connectivity index is 2.27. The van der Waals surface area contributed by atoms with Gasteiger partial charge in [-0.2, -0.15) is 0 Å². The van der Waals surface area contributed by atoms with E-state index in [9.17, 15) is 0 Å². The summed E-state index contributed by atoms with van der Waals surface area (Å²) in [7, 11) is 0. The lowest BCUT2D eigenvalue weighted by Gasteiger charge is -2.07. The second-order valence-corrected chi connectivity index (χ2v) is 8.49. The van der Waals surface area contributed by atoms with Gasteiger partial charge in [-0.3, -0.25) is 0 Å². The molecule has 0 aromatic carbocycles. The van der Waals surface area contributed by atoms with E-state index in [0.29, 0.717) is 0 Å². The lowest BCUT2D eigenvalue weighted by Crippen LogP contribution is -2.00. The molecule has 2 aromatic heterocycles. The molecule has 2 nitrogen and oxygen atoms in total. The number of hydrogen-bond acceptors (Lipinski definition) is 4. The third-order valence-electron chi connectivity index (χ3n) is 2.15. The predicted octanol–water partition coefficient (Wildman–Crippen LogP) is 3.57. The van der Waals surface area contributed by atoms with Gasteiger partial charge >= 0.3 is 0 Å². The maximum Gasteiger partial charge on any atom is 0.154 e. The summed E-state index contributed by atoms with van der Waals surface area (Å²) in [6.07, 6.45) is 2.11. The molecule has 0 bridgehead atoms. The van der Waals surface area contributed by atoms with Crippen LogP contribution < -0.4 is 0 Å². The number of thiazole rings is 2. The average molecular weight is 446 g/mol. The summed E-state index contributed by atoms with van der Waals surface area (Å²) in [6, 6.07) is 0. The fraction of sp³-hybridized carbons (Fsp3) is 0.250. The monoisotopic (exact) mass is 446 g/mol. The van der Waals surface area contributed by atoms with Gasteiger partial charge in [-0.15, -0.1) is 22.7 Å². The van der Waals surface area contributed by atoms with Gasteiger partial charge in [0.25, 0.3) is 0 Å². The van der Waals surface area contributed by atoms with Gasteiger partial charge in [0.05, 0.1) is 21.1 Å².